The SMILES string of the molecule is O=C(O)Cc1sc(NC(=O)CCl)nc1-c1ccccc1. The quantitative estimate of drug-likeness (QED) is 0.832. The summed E-state index contributed by atoms with van der Waals surface area (Å²) >= 11 is 6.56. The van der Waals surface area contributed by atoms with E-state index in [9.17, 15) is 9.59 Å². The molecule has 2 aromatic rings. The molecule has 2 N–H and O–H groups in total. The van der Waals surface area contributed by atoms with Crippen molar-refractivity contribution in [1.82, 2.24) is 4.98 Å². The fraction of sp³-hybridized carbons (Fsp3) is 0.154. The number of aromatic nitrogens is 1. The molecule has 1 aromatic carbocycles. The highest BCUT2D eigenvalue weighted by Crippen LogP contribution is 2.31. The molecule has 0 saturated carbocycles. The third-order valence-electron chi connectivity index (χ3n) is 2.42. The number of nitrogens with one attached hydrogen (secondary N) is 1. The molecule has 7 heteroatoms. The predicted octanol–water partition coefficient (Wildman–Crippen LogP) is 2.61. The number of nitrogens with zero attached hydrogens (tertiary/aromatic N) is 1. The number of hydrogen-bond donors (Lipinski definition) is 2. The highest BCUT2D eigenvalue weighted by molar-refractivity contribution is 7.16. The number of carbonyl (C=O) groups excluding carboxylic acids is 1. The number of rotatable bonds is 5. The van der Waals surface area contributed by atoms with E-state index in [2.05, 4.69) is 10.3 Å². The van der Waals surface area contributed by atoms with Crippen LogP contribution >= 0.6 is 22.9 Å². The lowest BCUT2D eigenvalue weighted by Crippen LogP contribution is -2.12. The number of anilines is 1. The topological polar surface area (TPSA) is 79.3 Å². The molecule has 5 nitrogen and oxygen atoms in total. The van der Waals surface area contributed by atoms with Crippen molar-refractivity contribution in [3.8, 4) is 11.3 Å². The summed E-state index contributed by atoms with van der Waals surface area (Å²) in [7, 11) is 0. The first-order valence-electron chi connectivity index (χ1n) is 5.73. The van der Waals surface area contributed by atoms with Crippen molar-refractivity contribution in [2.45, 2.75) is 6.42 Å². The molecular weight excluding hydrogens is 300 g/mol. The maximum absolute atomic E-state index is 11.3. The van der Waals surface area contributed by atoms with E-state index in [0.717, 1.165) is 16.9 Å². The minimum Gasteiger partial charge on any atom is -0.481 e. The zero-order valence-corrected chi connectivity index (χ0v) is 11.9. The van der Waals surface area contributed by atoms with Crippen molar-refractivity contribution in [1.29, 1.82) is 0 Å². The van der Waals surface area contributed by atoms with Gasteiger partial charge in [-0.2, -0.15) is 0 Å². The second-order valence-corrected chi connectivity index (χ2v) is 5.26. The molecule has 0 atom stereocenters. The van der Waals surface area contributed by atoms with Crippen molar-refractivity contribution < 1.29 is 14.7 Å². The number of carboxylic acid groups (broad SMARTS) is 1. The van der Waals surface area contributed by atoms with Crippen molar-refractivity contribution >= 4 is 39.9 Å². The van der Waals surface area contributed by atoms with Gasteiger partial charge in [-0.15, -0.1) is 22.9 Å². The molecule has 0 saturated heterocycles. The normalized spacial score (nSPS) is 10.2. The van der Waals surface area contributed by atoms with Gasteiger partial charge in [0.15, 0.2) is 5.13 Å². The van der Waals surface area contributed by atoms with E-state index in [-0.39, 0.29) is 18.2 Å². The number of alkyl halides is 1. The largest absolute Gasteiger partial charge is 0.481 e. The Kier molecular flexibility index (Phi) is 4.70. The highest BCUT2D eigenvalue weighted by Gasteiger charge is 2.16. The van der Waals surface area contributed by atoms with Crippen LogP contribution in [0.25, 0.3) is 11.3 Å². The number of thiazole rings is 1. The van der Waals surface area contributed by atoms with Gasteiger partial charge >= 0.3 is 5.97 Å². The van der Waals surface area contributed by atoms with Gasteiger partial charge in [-0.05, 0) is 0 Å². The Bertz CT molecular complexity index is 628. The molecule has 0 radical (unpaired) electrons. The Hall–Kier alpha value is -1.92. The van der Waals surface area contributed by atoms with Crippen LogP contribution in [0.15, 0.2) is 30.3 Å². The number of hydrogen-bond acceptors (Lipinski definition) is 4. The number of carbonyl (C=O) groups is 2. The third-order valence-corrected chi connectivity index (χ3v) is 3.64. The van der Waals surface area contributed by atoms with E-state index in [1.165, 1.54) is 0 Å². The second-order valence-electron chi connectivity index (χ2n) is 3.91. The van der Waals surface area contributed by atoms with Crippen molar-refractivity contribution in [3.63, 3.8) is 0 Å². The molecule has 2 rings (SSSR count). The molecule has 0 spiro atoms. The van der Waals surface area contributed by atoms with Crippen LogP contribution < -0.4 is 5.32 Å². The average molecular weight is 311 g/mol. The molecule has 0 aliphatic carbocycles. The van der Waals surface area contributed by atoms with Gasteiger partial charge in [0.05, 0.1) is 12.1 Å². The molecule has 0 aliphatic rings. The van der Waals surface area contributed by atoms with Crippen molar-refractivity contribution in [2.75, 3.05) is 11.2 Å². The van der Waals surface area contributed by atoms with E-state index in [4.69, 9.17) is 16.7 Å². The van der Waals surface area contributed by atoms with Gasteiger partial charge in [0, 0.05) is 10.4 Å². The first kappa shape index (κ1) is 14.5. The fourth-order valence-electron chi connectivity index (χ4n) is 1.64. The average Bonchev–Trinajstić information content (AvgIpc) is 2.81. The van der Waals surface area contributed by atoms with Crippen LogP contribution in [0.3, 0.4) is 0 Å². The van der Waals surface area contributed by atoms with Crippen LogP contribution in [0.5, 0.6) is 0 Å². The Labute approximate surface area is 124 Å². The van der Waals surface area contributed by atoms with Crippen LogP contribution in [0.2, 0.25) is 0 Å². The van der Waals surface area contributed by atoms with Crippen molar-refractivity contribution in [2.24, 2.45) is 0 Å². The Morgan fingerprint density at radius 1 is 1.30 bits per heavy atom. The standard InChI is InChI=1S/C13H11ClN2O3S/c14-7-10(17)15-13-16-12(8-4-2-1-3-5-8)9(20-13)6-11(18)19/h1-5H,6-7H2,(H,18,19)(H,15,16,17). The molecule has 0 aliphatic heterocycles. The van der Waals surface area contributed by atoms with Crippen LogP contribution in [0.1, 0.15) is 4.88 Å². The Morgan fingerprint density at radius 3 is 2.60 bits per heavy atom. The van der Waals surface area contributed by atoms with E-state index in [0.29, 0.717) is 15.7 Å². The lowest BCUT2D eigenvalue weighted by Gasteiger charge is -1.99. The van der Waals surface area contributed by atoms with Gasteiger partial charge in [-0.25, -0.2) is 4.98 Å². The van der Waals surface area contributed by atoms with Crippen LogP contribution in [0, 0.1) is 0 Å². The van der Waals surface area contributed by atoms with Crippen LogP contribution in [0.4, 0.5) is 5.13 Å². The third kappa shape index (κ3) is 3.55. The van der Waals surface area contributed by atoms with E-state index in [1.807, 2.05) is 30.3 Å². The summed E-state index contributed by atoms with van der Waals surface area (Å²) in [5.74, 6) is -1.49. The van der Waals surface area contributed by atoms with Gasteiger partial charge in [0.1, 0.15) is 5.88 Å². The zero-order valence-electron chi connectivity index (χ0n) is 10.3. The van der Waals surface area contributed by atoms with E-state index >= 15 is 0 Å². The van der Waals surface area contributed by atoms with E-state index < -0.39 is 5.97 Å². The van der Waals surface area contributed by atoms with Gasteiger partial charge < -0.3 is 10.4 Å². The van der Waals surface area contributed by atoms with E-state index in [1.54, 1.807) is 0 Å². The number of benzene rings is 1. The molecule has 0 unspecified atom stereocenters. The lowest BCUT2D eigenvalue weighted by atomic mass is 10.1. The van der Waals surface area contributed by atoms with Gasteiger partial charge in [0.25, 0.3) is 0 Å². The maximum Gasteiger partial charge on any atom is 0.308 e. The van der Waals surface area contributed by atoms with Gasteiger partial charge in [-0.3, -0.25) is 9.59 Å². The highest BCUT2D eigenvalue weighted by atomic mass is 35.5. The first-order chi connectivity index (χ1) is 9.60. The smallest absolute Gasteiger partial charge is 0.308 e. The van der Waals surface area contributed by atoms with Crippen LogP contribution in [-0.2, 0) is 16.0 Å². The van der Waals surface area contributed by atoms with Gasteiger partial charge in [0.2, 0.25) is 5.91 Å². The van der Waals surface area contributed by atoms with Crippen molar-refractivity contribution in [3.05, 3.63) is 35.2 Å². The summed E-state index contributed by atoms with van der Waals surface area (Å²) in [4.78, 5) is 27.1. The van der Waals surface area contributed by atoms with Gasteiger partial charge in [-0.1, -0.05) is 30.3 Å². The molecule has 104 valence electrons. The molecule has 1 heterocycles. The molecule has 1 aromatic heterocycles. The Balaban J connectivity index is 2.37. The minimum absolute atomic E-state index is 0.140. The molecule has 20 heavy (non-hydrogen) atoms. The first-order valence-corrected chi connectivity index (χ1v) is 7.08. The summed E-state index contributed by atoms with van der Waals surface area (Å²) in [5, 5.41) is 11.8. The summed E-state index contributed by atoms with van der Waals surface area (Å²) < 4.78 is 0. The molecule has 1 amide bonds. The molecular formula is C13H11ClN2O3S. The number of aliphatic carboxylic acids is 1. The molecule has 0 fully saturated rings. The summed E-state index contributed by atoms with van der Waals surface area (Å²) in [6.45, 7) is 0. The summed E-state index contributed by atoms with van der Waals surface area (Å²) in [6.07, 6.45) is -0.140. The fourth-order valence-corrected chi connectivity index (χ4v) is 2.69. The zero-order chi connectivity index (χ0) is 14.5. The minimum atomic E-state index is -0.943. The monoisotopic (exact) mass is 310 g/mol. The van der Waals surface area contributed by atoms with Crippen LogP contribution in [-0.4, -0.2) is 27.8 Å². The predicted molar refractivity (Wildman–Crippen MR) is 78.2 cm³/mol. The molecule has 0 bridgehead atoms. The number of halogens is 1. The Morgan fingerprint density at radius 2 is 2.00 bits per heavy atom. The second kappa shape index (κ2) is 6.49. The maximum atomic E-state index is 11.3. The lowest BCUT2D eigenvalue weighted by molar-refractivity contribution is -0.136. The number of carboxylic acids is 1. The summed E-state index contributed by atoms with van der Waals surface area (Å²) in [5.41, 5.74) is 1.38. The summed E-state index contributed by atoms with van der Waals surface area (Å²) in [6, 6.07) is 9.23. The number of amides is 1.